The summed E-state index contributed by atoms with van der Waals surface area (Å²) >= 11 is 0. The second-order valence-electron chi connectivity index (χ2n) is 3.09. The standard InChI is InChI=1S/C9H10ClFO2S/c1-7-2-3-9(11)8(6-7)4-5-14(10,12)13/h2-3,6H,4-5H2,1H3. The van der Waals surface area contributed by atoms with Gasteiger partial charge in [0.25, 0.3) is 0 Å². The molecule has 0 aliphatic rings. The van der Waals surface area contributed by atoms with Crippen LogP contribution in [0, 0.1) is 12.7 Å². The lowest BCUT2D eigenvalue weighted by molar-refractivity contribution is 0.601. The van der Waals surface area contributed by atoms with Gasteiger partial charge in [0, 0.05) is 10.7 Å². The molecule has 1 aromatic carbocycles. The van der Waals surface area contributed by atoms with E-state index in [1.807, 2.05) is 6.92 Å². The average molecular weight is 237 g/mol. The first-order chi connectivity index (χ1) is 6.38. The molecule has 2 nitrogen and oxygen atoms in total. The molecule has 14 heavy (non-hydrogen) atoms. The van der Waals surface area contributed by atoms with E-state index in [1.54, 1.807) is 12.1 Å². The van der Waals surface area contributed by atoms with E-state index in [0.29, 0.717) is 5.56 Å². The Morgan fingerprint density at radius 2 is 2.07 bits per heavy atom. The van der Waals surface area contributed by atoms with E-state index >= 15 is 0 Å². The normalized spacial score (nSPS) is 11.6. The molecule has 78 valence electrons. The fourth-order valence-corrected chi connectivity index (χ4v) is 1.82. The molecule has 0 radical (unpaired) electrons. The molecule has 0 saturated heterocycles. The number of aryl methyl sites for hydroxylation is 2. The third-order valence-corrected chi connectivity index (χ3v) is 2.97. The Morgan fingerprint density at radius 3 is 2.64 bits per heavy atom. The molecule has 5 heteroatoms. The summed E-state index contributed by atoms with van der Waals surface area (Å²) in [6.45, 7) is 1.82. The quantitative estimate of drug-likeness (QED) is 0.755. The van der Waals surface area contributed by atoms with E-state index in [9.17, 15) is 12.8 Å². The van der Waals surface area contributed by atoms with Crippen molar-refractivity contribution >= 4 is 19.7 Å². The van der Waals surface area contributed by atoms with Gasteiger partial charge < -0.3 is 0 Å². The zero-order valence-electron chi connectivity index (χ0n) is 7.63. The highest BCUT2D eigenvalue weighted by atomic mass is 35.7. The van der Waals surface area contributed by atoms with Gasteiger partial charge in [-0.2, -0.15) is 0 Å². The van der Waals surface area contributed by atoms with Gasteiger partial charge in [0.1, 0.15) is 5.82 Å². The lowest BCUT2D eigenvalue weighted by atomic mass is 10.1. The first kappa shape index (κ1) is 11.5. The van der Waals surface area contributed by atoms with Crippen LogP contribution in [0.5, 0.6) is 0 Å². The highest BCUT2D eigenvalue weighted by molar-refractivity contribution is 8.13. The second kappa shape index (κ2) is 4.28. The fraction of sp³-hybridized carbons (Fsp3) is 0.333. The first-order valence-corrected chi connectivity index (χ1v) is 6.54. The molecule has 0 atom stereocenters. The Bertz CT molecular complexity index is 428. The summed E-state index contributed by atoms with van der Waals surface area (Å²) in [5, 5.41) is 0. The van der Waals surface area contributed by atoms with Crippen LogP contribution < -0.4 is 0 Å². The number of halogens is 2. The van der Waals surface area contributed by atoms with Gasteiger partial charge in [-0.25, -0.2) is 12.8 Å². The molecule has 0 bridgehead atoms. The molecule has 0 amide bonds. The minimum absolute atomic E-state index is 0.110. The Hall–Kier alpha value is -0.610. The van der Waals surface area contributed by atoms with Crippen LogP contribution in [0.3, 0.4) is 0 Å². The van der Waals surface area contributed by atoms with Crippen molar-refractivity contribution in [2.24, 2.45) is 0 Å². The van der Waals surface area contributed by atoms with Crippen molar-refractivity contribution in [2.45, 2.75) is 13.3 Å². The van der Waals surface area contributed by atoms with E-state index in [4.69, 9.17) is 10.7 Å². The van der Waals surface area contributed by atoms with E-state index in [1.165, 1.54) is 6.07 Å². The molecule has 0 N–H and O–H groups in total. The third kappa shape index (κ3) is 3.64. The van der Waals surface area contributed by atoms with E-state index in [0.717, 1.165) is 5.56 Å². The summed E-state index contributed by atoms with van der Waals surface area (Å²) in [7, 11) is 1.48. The van der Waals surface area contributed by atoms with Crippen molar-refractivity contribution in [2.75, 3.05) is 5.75 Å². The maximum Gasteiger partial charge on any atom is 0.232 e. The molecule has 1 rings (SSSR count). The van der Waals surface area contributed by atoms with Crippen LogP contribution in [0.15, 0.2) is 18.2 Å². The van der Waals surface area contributed by atoms with Gasteiger partial charge in [0.05, 0.1) is 5.75 Å². The Kier molecular flexibility index (Phi) is 3.50. The molecule has 0 aliphatic carbocycles. The average Bonchev–Trinajstić information content (AvgIpc) is 2.05. The number of benzene rings is 1. The lowest BCUT2D eigenvalue weighted by Crippen LogP contribution is -2.03. The van der Waals surface area contributed by atoms with Gasteiger partial charge in [0.2, 0.25) is 9.05 Å². The first-order valence-electron chi connectivity index (χ1n) is 4.06. The highest BCUT2D eigenvalue weighted by Gasteiger charge is 2.08. The van der Waals surface area contributed by atoms with Gasteiger partial charge in [-0.1, -0.05) is 17.7 Å². The molecule has 0 saturated carbocycles. The van der Waals surface area contributed by atoms with Gasteiger partial charge in [-0.3, -0.25) is 0 Å². The maximum absolute atomic E-state index is 13.1. The summed E-state index contributed by atoms with van der Waals surface area (Å²) < 4.78 is 34.4. The van der Waals surface area contributed by atoms with Gasteiger partial charge >= 0.3 is 0 Å². The molecule has 1 aromatic rings. The SMILES string of the molecule is Cc1ccc(F)c(CCS(=O)(=O)Cl)c1. The second-order valence-corrected chi connectivity index (χ2v) is 5.98. The van der Waals surface area contributed by atoms with Crippen molar-refractivity contribution in [1.29, 1.82) is 0 Å². The molecule has 0 heterocycles. The van der Waals surface area contributed by atoms with Crippen LogP contribution in [0.4, 0.5) is 4.39 Å². The van der Waals surface area contributed by atoms with Crippen LogP contribution in [0.25, 0.3) is 0 Å². The summed E-state index contributed by atoms with van der Waals surface area (Å²) in [4.78, 5) is 0. The minimum Gasteiger partial charge on any atom is -0.212 e. The fourth-order valence-electron chi connectivity index (χ4n) is 1.13. The Balaban J connectivity index is 2.81. The van der Waals surface area contributed by atoms with Crippen LogP contribution in [-0.2, 0) is 15.5 Å². The van der Waals surface area contributed by atoms with Crippen molar-refractivity contribution < 1.29 is 12.8 Å². The summed E-state index contributed by atoms with van der Waals surface area (Å²) in [6.07, 6.45) is 0.110. The lowest BCUT2D eigenvalue weighted by Gasteiger charge is -2.02. The van der Waals surface area contributed by atoms with Crippen molar-refractivity contribution in [3.63, 3.8) is 0 Å². The smallest absolute Gasteiger partial charge is 0.212 e. The monoisotopic (exact) mass is 236 g/mol. The Morgan fingerprint density at radius 1 is 1.43 bits per heavy atom. The zero-order chi connectivity index (χ0) is 10.8. The zero-order valence-corrected chi connectivity index (χ0v) is 9.20. The summed E-state index contributed by atoms with van der Waals surface area (Å²) in [5.41, 5.74) is 1.28. The van der Waals surface area contributed by atoms with E-state index < -0.39 is 14.9 Å². The molecular formula is C9H10ClFO2S. The van der Waals surface area contributed by atoms with Crippen molar-refractivity contribution in [3.05, 3.63) is 35.1 Å². The van der Waals surface area contributed by atoms with Crippen LogP contribution >= 0.6 is 10.7 Å². The summed E-state index contributed by atoms with van der Waals surface area (Å²) in [5.74, 6) is -0.634. The predicted octanol–water partition coefficient (Wildman–Crippen LogP) is 2.25. The largest absolute Gasteiger partial charge is 0.232 e. The Labute approximate surface area is 87.1 Å². The van der Waals surface area contributed by atoms with Gasteiger partial charge in [-0.15, -0.1) is 0 Å². The van der Waals surface area contributed by atoms with Crippen LogP contribution in [0.1, 0.15) is 11.1 Å². The number of hydrogen-bond donors (Lipinski definition) is 0. The molecule has 0 unspecified atom stereocenters. The molecule has 0 aromatic heterocycles. The number of hydrogen-bond acceptors (Lipinski definition) is 2. The molecule has 0 aliphatic heterocycles. The maximum atomic E-state index is 13.1. The molecule has 0 fully saturated rings. The predicted molar refractivity (Wildman–Crippen MR) is 54.5 cm³/mol. The minimum atomic E-state index is -3.55. The van der Waals surface area contributed by atoms with Crippen LogP contribution in [0.2, 0.25) is 0 Å². The molecule has 0 spiro atoms. The third-order valence-electron chi connectivity index (χ3n) is 1.82. The van der Waals surface area contributed by atoms with Crippen molar-refractivity contribution in [3.8, 4) is 0 Å². The van der Waals surface area contributed by atoms with E-state index in [2.05, 4.69) is 0 Å². The molecular weight excluding hydrogens is 227 g/mol. The van der Waals surface area contributed by atoms with E-state index in [-0.39, 0.29) is 12.2 Å². The van der Waals surface area contributed by atoms with Gasteiger partial charge in [0.15, 0.2) is 0 Å². The number of rotatable bonds is 3. The topological polar surface area (TPSA) is 34.1 Å². The summed E-state index contributed by atoms with van der Waals surface area (Å²) in [6, 6.07) is 4.58. The van der Waals surface area contributed by atoms with Gasteiger partial charge in [-0.05, 0) is 25.0 Å². The van der Waals surface area contributed by atoms with Crippen LogP contribution in [-0.4, -0.2) is 14.2 Å². The van der Waals surface area contributed by atoms with Crippen molar-refractivity contribution in [1.82, 2.24) is 0 Å². The highest BCUT2D eigenvalue weighted by Crippen LogP contribution is 2.12.